The van der Waals surface area contributed by atoms with Gasteiger partial charge in [-0.15, -0.1) is 10.2 Å². The monoisotopic (exact) mass is 489 g/mol. The molecule has 0 saturated heterocycles. The largest absolute Gasteiger partial charge is 0.423 e. The molecular formula is C26H27N5O3S. The zero-order valence-corrected chi connectivity index (χ0v) is 20.5. The van der Waals surface area contributed by atoms with E-state index < -0.39 is 5.63 Å². The molecule has 0 radical (unpaired) electrons. The fourth-order valence-corrected chi connectivity index (χ4v) is 5.80. The van der Waals surface area contributed by atoms with Crippen LogP contribution in [0.5, 0.6) is 0 Å². The van der Waals surface area contributed by atoms with Gasteiger partial charge < -0.3 is 9.73 Å². The van der Waals surface area contributed by atoms with Crippen LogP contribution < -0.4 is 10.9 Å². The fourth-order valence-electron chi connectivity index (χ4n) is 4.82. The van der Waals surface area contributed by atoms with Crippen molar-refractivity contribution in [1.29, 1.82) is 0 Å². The number of nitrogens with zero attached hydrogens (tertiary/aromatic N) is 4. The van der Waals surface area contributed by atoms with E-state index in [1.54, 1.807) is 24.0 Å². The molecule has 8 nitrogen and oxygen atoms in total. The molecule has 3 heterocycles. The summed E-state index contributed by atoms with van der Waals surface area (Å²) in [6, 6.07) is 11.1. The van der Waals surface area contributed by atoms with Crippen LogP contribution in [-0.4, -0.2) is 25.7 Å². The Bertz CT molecular complexity index is 1420. The summed E-state index contributed by atoms with van der Waals surface area (Å²) in [4.78, 5) is 28.0. The second-order valence-corrected chi connectivity index (χ2v) is 9.96. The van der Waals surface area contributed by atoms with Crippen LogP contribution in [0, 0.1) is 5.92 Å². The first-order valence-corrected chi connectivity index (χ1v) is 12.8. The number of thioether (sulfide) groups is 1. The smallest absolute Gasteiger partial charge is 0.336 e. The van der Waals surface area contributed by atoms with Gasteiger partial charge in [-0.05, 0) is 48.6 Å². The zero-order valence-electron chi connectivity index (χ0n) is 19.7. The molecule has 1 N–H and O–H groups in total. The number of carbonyl (C=O) groups excluding carboxylic acids is 1. The number of nitrogens with one attached hydrogen (secondary N) is 1. The first-order valence-electron chi connectivity index (χ1n) is 11.8. The van der Waals surface area contributed by atoms with Gasteiger partial charge >= 0.3 is 5.63 Å². The number of hydrogen-bond donors (Lipinski definition) is 1. The van der Waals surface area contributed by atoms with Gasteiger partial charge in [0.2, 0.25) is 5.91 Å². The van der Waals surface area contributed by atoms with Crippen molar-refractivity contribution in [2.45, 2.75) is 56.5 Å². The van der Waals surface area contributed by atoms with Gasteiger partial charge in [-0.2, -0.15) is 0 Å². The molecule has 3 aromatic heterocycles. The van der Waals surface area contributed by atoms with Gasteiger partial charge in [-0.1, -0.05) is 31.5 Å². The molecule has 35 heavy (non-hydrogen) atoms. The van der Waals surface area contributed by atoms with E-state index in [4.69, 9.17) is 4.42 Å². The SMILES string of the molecule is CC(=O)Nc1ccc2c(CSc3nnc(-c4cccnc4)n3C3CCCCC3C)cc(=O)oc2c1. The summed E-state index contributed by atoms with van der Waals surface area (Å²) in [6.45, 7) is 3.74. The Balaban J connectivity index is 1.49. The number of rotatable bonds is 6. The first kappa shape index (κ1) is 23.3. The Morgan fingerprint density at radius 2 is 2.06 bits per heavy atom. The molecule has 1 aliphatic rings. The minimum atomic E-state index is -0.425. The number of aromatic nitrogens is 4. The number of amides is 1. The van der Waals surface area contributed by atoms with Crippen LogP contribution in [0.15, 0.2) is 63.2 Å². The molecule has 2 atom stereocenters. The van der Waals surface area contributed by atoms with Crippen LogP contribution in [0.25, 0.3) is 22.4 Å². The topological polar surface area (TPSA) is 103 Å². The normalized spacial score (nSPS) is 18.0. The molecule has 0 spiro atoms. The zero-order chi connectivity index (χ0) is 24.4. The van der Waals surface area contributed by atoms with Crippen LogP contribution in [0.4, 0.5) is 5.69 Å². The van der Waals surface area contributed by atoms with Crippen molar-refractivity contribution in [2.75, 3.05) is 5.32 Å². The van der Waals surface area contributed by atoms with Gasteiger partial charge in [0.25, 0.3) is 0 Å². The van der Waals surface area contributed by atoms with Crippen molar-refractivity contribution in [1.82, 2.24) is 19.7 Å². The average molecular weight is 490 g/mol. The molecule has 0 bridgehead atoms. The van der Waals surface area contributed by atoms with E-state index in [0.717, 1.165) is 33.9 Å². The lowest BCUT2D eigenvalue weighted by atomic mass is 9.85. The standard InChI is InChI=1S/C26H27N5O3S/c1-16-6-3-4-8-22(16)31-25(18-7-5-11-27-14-18)29-30-26(31)35-15-19-12-24(33)34-23-13-20(28-17(2)32)9-10-21(19)23/h5,7,9-14,16,22H,3-4,6,8,15H2,1-2H3,(H,28,32). The third-order valence-electron chi connectivity index (χ3n) is 6.49. The number of carbonyl (C=O) groups is 1. The van der Waals surface area contributed by atoms with Crippen LogP contribution in [-0.2, 0) is 10.5 Å². The maximum absolute atomic E-state index is 12.3. The maximum Gasteiger partial charge on any atom is 0.336 e. The molecule has 0 aliphatic heterocycles. The van der Waals surface area contributed by atoms with Gasteiger partial charge in [-0.3, -0.25) is 14.3 Å². The van der Waals surface area contributed by atoms with E-state index in [9.17, 15) is 9.59 Å². The predicted octanol–water partition coefficient (Wildman–Crippen LogP) is 5.45. The highest BCUT2D eigenvalue weighted by Crippen LogP contribution is 2.39. The lowest BCUT2D eigenvalue weighted by Crippen LogP contribution is -2.22. The van der Waals surface area contributed by atoms with Crippen LogP contribution in [0.3, 0.4) is 0 Å². The molecule has 1 amide bonds. The number of fused-ring (bicyclic) bond motifs is 1. The Morgan fingerprint density at radius 1 is 1.20 bits per heavy atom. The minimum Gasteiger partial charge on any atom is -0.423 e. The van der Waals surface area contributed by atoms with Crippen molar-refractivity contribution in [3.63, 3.8) is 0 Å². The molecule has 1 aromatic carbocycles. The summed E-state index contributed by atoms with van der Waals surface area (Å²) in [5.41, 5.74) is 2.40. The summed E-state index contributed by atoms with van der Waals surface area (Å²) >= 11 is 1.57. The van der Waals surface area contributed by atoms with Crippen molar-refractivity contribution < 1.29 is 9.21 Å². The number of pyridine rings is 1. The predicted molar refractivity (Wildman–Crippen MR) is 136 cm³/mol. The molecular weight excluding hydrogens is 462 g/mol. The Hall–Kier alpha value is -3.46. The minimum absolute atomic E-state index is 0.181. The second kappa shape index (κ2) is 10.0. The first-order chi connectivity index (χ1) is 17.0. The lowest BCUT2D eigenvalue weighted by molar-refractivity contribution is -0.114. The quantitative estimate of drug-likeness (QED) is 0.284. The fraction of sp³-hybridized carbons (Fsp3) is 0.346. The second-order valence-electron chi connectivity index (χ2n) is 9.02. The number of hydrogen-bond acceptors (Lipinski definition) is 7. The van der Waals surface area contributed by atoms with E-state index in [1.807, 2.05) is 30.5 Å². The third kappa shape index (κ3) is 5.00. The Labute approximate surface area is 207 Å². The molecule has 1 saturated carbocycles. The lowest BCUT2D eigenvalue weighted by Gasteiger charge is -2.31. The third-order valence-corrected chi connectivity index (χ3v) is 7.48. The maximum atomic E-state index is 12.3. The molecule has 5 rings (SSSR count). The van der Waals surface area contributed by atoms with Gasteiger partial charge in [0.05, 0.1) is 0 Å². The van der Waals surface area contributed by atoms with Crippen LogP contribution >= 0.6 is 11.8 Å². The van der Waals surface area contributed by atoms with Crippen molar-refractivity contribution in [3.8, 4) is 11.4 Å². The highest BCUT2D eigenvalue weighted by atomic mass is 32.2. The number of benzene rings is 1. The summed E-state index contributed by atoms with van der Waals surface area (Å²) in [7, 11) is 0. The summed E-state index contributed by atoms with van der Waals surface area (Å²) < 4.78 is 7.69. The molecule has 2 unspecified atom stereocenters. The average Bonchev–Trinajstić information content (AvgIpc) is 3.26. The number of anilines is 1. The molecule has 4 aromatic rings. The van der Waals surface area contributed by atoms with Crippen molar-refractivity contribution in [3.05, 3.63) is 64.8 Å². The van der Waals surface area contributed by atoms with Gasteiger partial charge in [0, 0.05) is 59.9 Å². The highest BCUT2D eigenvalue weighted by molar-refractivity contribution is 7.98. The van der Waals surface area contributed by atoms with Gasteiger partial charge in [-0.25, -0.2) is 4.79 Å². The molecule has 1 fully saturated rings. The summed E-state index contributed by atoms with van der Waals surface area (Å²) in [5, 5.41) is 13.5. The van der Waals surface area contributed by atoms with Gasteiger partial charge in [0.1, 0.15) is 5.58 Å². The summed E-state index contributed by atoms with van der Waals surface area (Å²) in [5.74, 6) is 1.70. The van der Waals surface area contributed by atoms with E-state index in [2.05, 4.69) is 32.0 Å². The van der Waals surface area contributed by atoms with Crippen molar-refractivity contribution >= 4 is 34.3 Å². The van der Waals surface area contributed by atoms with E-state index in [0.29, 0.717) is 29.0 Å². The Kier molecular flexibility index (Phi) is 6.68. The van der Waals surface area contributed by atoms with Crippen LogP contribution in [0.2, 0.25) is 0 Å². The van der Waals surface area contributed by atoms with Crippen LogP contribution in [0.1, 0.15) is 51.1 Å². The Morgan fingerprint density at radius 3 is 2.83 bits per heavy atom. The van der Waals surface area contributed by atoms with E-state index in [-0.39, 0.29) is 5.91 Å². The molecule has 180 valence electrons. The molecule has 1 aliphatic carbocycles. The van der Waals surface area contributed by atoms with Crippen molar-refractivity contribution in [2.24, 2.45) is 5.92 Å². The van der Waals surface area contributed by atoms with E-state index >= 15 is 0 Å². The highest BCUT2D eigenvalue weighted by Gasteiger charge is 2.28. The summed E-state index contributed by atoms with van der Waals surface area (Å²) in [6.07, 6.45) is 8.28. The molecule has 9 heteroatoms. The van der Waals surface area contributed by atoms with E-state index in [1.165, 1.54) is 32.3 Å². The van der Waals surface area contributed by atoms with Gasteiger partial charge in [0.15, 0.2) is 11.0 Å².